The first-order chi connectivity index (χ1) is 17.4. The highest BCUT2D eigenvalue weighted by Crippen LogP contribution is 2.48. The average molecular weight is 511 g/mol. The minimum atomic E-state index is -0.509. The number of nitrogens with zero attached hydrogens (tertiary/aromatic N) is 2. The van der Waals surface area contributed by atoms with Crippen LogP contribution in [-0.4, -0.2) is 45.5 Å². The summed E-state index contributed by atoms with van der Waals surface area (Å²) in [6, 6.07) is 4.23. The molecule has 1 aromatic carbocycles. The molecule has 0 spiro atoms. The second kappa shape index (κ2) is 10.5. The molecule has 4 rings (SSSR count). The summed E-state index contributed by atoms with van der Waals surface area (Å²) in [6.45, 7) is 12.2. The number of nitrogen functional groups attached to an aromatic ring is 1. The smallest absolute Gasteiger partial charge is 0.407 e. The quantitative estimate of drug-likeness (QED) is 0.485. The molecule has 0 aliphatic heterocycles. The molecule has 0 bridgehead atoms. The molecule has 2 aromatic rings. The summed E-state index contributed by atoms with van der Waals surface area (Å²) in [4.78, 5) is 21.1. The largest absolute Gasteiger partial charge is 0.490 e. The van der Waals surface area contributed by atoms with Crippen LogP contribution in [0.15, 0.2) is 18.5 Å². The molecule has 4 N–H and O–H groups in total. The van der Waals surface area contributed by atoms with Gasteiger partial charge < -0.3 is 25.6 Å². The van der Waals surface area contributed by atoms with E-state index in [2.05, 4.69) is 42.1 Å². The van der Waals surface area contributed by atoms with Crippen molar-refractivity contribution in [3.63, 3.8) is 0 Å². The minimum Gasteiger partial charge on any atom is -0.490 e. The van der Waals surface area contributed by atoms with Crippen molar-refractivity contribution >= 4 is 11.9 Å². The van der Waals surface area contributed by atoms with Crippen molar-refractivity contribution in [2.45, 2.75) is 109 Å². The number of nitrogens with two attached hydrogens (primary N) is 1. The van der Waals surface area contributed by atoms with Crippen LogP contribution in [0.2, 0.25) is 0 Å². The molecule has 2 aliphatic carbocycles. The van der Waals surface area contributed by atoms with Crippen molar-refractivity contribution < 1.29 is 19.4 Å². The number of ether oxygens (including phenoxy) is 2. The number of amides is 1. The van der Waals surface area contributed by atoms with Crippen molar-refractivity contribution in [1.82, 2.24) is 15.3 Å². The Morgan fingerprint density at radius 3 is 2.57 bits per heavy atom. The number of anilines is 1. The molecule has 2 aliphatic rings. The molecule has 1 heterocycles. The van der Waals surface area contributed by atoms with Gasteiger partial charge in [-0.2, -0.15) is 0 Å². The minimum absolute atomic E-state index is 0.0664. The molecular formula is C29H42N4O4. The van der Waals surface area contributed by atoms with Gasteiger partial charge in [0, 0.05) is 29.3 Å². The SMILES string of the molecule is CC(CCO)c1c(O[C@H]2CC[C@H](NC(=O)OC(C)(C)C)CC2)ccc2c1CC(C)(C)c1c(N)ncnc1-2. The fourth-order valence-corrected chi connectivity index (χ4v) is 5.82. The van der Waals surface area contributed by atoms with Gasteiger partial charge in [0.15, 0.2) is 0 Å². The number of aromatic nitrogens is 2. The summed E-state index contributed by atoms with van der Waals surface area (Å²) in [5.41, 5.74) is 10.9. The van der Waals surface area contributed by atoms with E-state index in [-0.39, 0.29) is 36.2 Å². The number of hydrogen-bond acceptors (Lipinski definition) is 7. The monoisotopic (exact) mass is 510 g/mol. The lowest BCUT2D eigenvalue weighted by Crippen LogP contribution is -2.42. The summed E-state index contributed by atoms with van der Waals surface area (Å²) in [6.07, 6.45) is 6.06. The van der Waals surface area contributed by atoms with E-state index in [1.54, 1.807) is 0 Å². The maximum absolute atomic E-state index is 12.2. The second-order valence-corrected chi connectivity index (χ2v) is 12.2. The number of carbonyl (C=O) groups excluding carboxylic acids is 1. The fraction of sp³-hybridized carbons (Fsp3) is 0.621. The Labute approximate surface area is 220 Å². The highest BCUT2D eigenvalue weighted by Gasteiger charge is 2.37. The zero-order chi connectivity index (χ0) is 27.0. The van der Waals surface area contributed by atoms with E-state index in [9.17, 15) is 9.90 Å². The first-order valence-corrected chi connectivity index (χ1v) is 13.4. The fourth-order valence-electron chi connectivity index (χ4n) is 5.82. The van der Waals surface area contributed by atoms with E-state index >= 15 is 0 Å². The lowest BCUT2D eigenvalue weighted by atomic mass is 9.69. The van der Waals surface area contributed by atoms with Gasteiger partial charge in [0.1, 0.15) is 23.5 Å². The zero-order valence-corrected chi connectivity index (χ0v) is 23.1. The molecule has 8 heteroatoms. The molecule has 1 aromatic heterocycles. The molecule has 1 amide bonds. The van der Waals surface area contributed by atoms with Crippen molar-refractivity contribution in [3.8, 4) is 17.0 Å². The lowest BCUT2D eigenvalue weighted by molar-refractivity contribution is 0.0470. The topological polar surface area (TPSA) is 120 Å². The van der Waals surface area contributed by atoms with Gasteiger partial charge in [-0.25, -0.2) is 14.8 Å². The number of carbonyl (C=O) groups is 1. The van der Waals surface area contributed by atoms with Crippen molar-refractivity contribution in [3.05, 3.63) is 35.2 Å². The average Bonchev–Trinajstić information content (AvgIpc) is 2.78. The van der Waals surface area contributed by atoms with Crippen molar-refractivity contribution in [1.29, 1.82) is 0 Å². The van der Waals surface area contributed by atoms with Crippen LogP contribution in [-0.2, 0) is 16.6 Å². The number of aliphatic hydroxyl groups excluding tert-OH is 1. The zero-order valence-electron chi connectivity index (χ0n) is 23.1. The molecule has 1 saturated carbocycles. The summed E-state index contributed by atoms with van der Waals surface area (Å²) in [5.74, 6) is 1.53. The van der Waals surface area contributed by atoms with Crippen molar-refractivity contribution in [2.24, 2.45) is 0 Å². The summed E-state index contributed by atoms with van der Waals surface area (Å²) < 4.78 is 12.1. The van der Waals surface area contributed by atoms with Crippen LogP contribution in [0.25, 0.3) is 11.3 Å². The van der Waals surface area contributed by atoms with E-state index in [1.807, 2.05) is 26.8 Å². The number of alkyl carbamates (subject to hydrolysis) is 1. The highest BCUT2D eigenvalue weighted by molar-refractivity contribution is 5.77. The van der Waals surface area contributed by atoms with E-state index in [0.29, 0.717) is 12.2 Å². The van der Waals surface area contributed by atoms with Crippen LogP contribution in [0.5, 0.6) is 5.75 Å². The van der Waals surface area contributed by atoms with Gasteiger partial charge in [0.2, 0.25) is 0 Å². The number of rotatable bonds is 6. The highest BCUT2D eigenvalue weighted by atomic mass is 16.6. The second-order valence-electron chi connectivity index (χ2n) is 12.2. The van der Waals surface area contributed by atoms with Gasteiger partial charge in [0.05, 0.1) is 11.8 Å². The van der Waals surface area contributed by atoms with Crippen LogP contribution < -0.4 is 15.8 Å². The standard InChI is InChI=1S/C29H42N4O4/c1-17(13-14-34)23-21-15-29(5,6)24-25(31-16-32-26(24)30)20(21)11-12-22(23)36-19-9-7-18(8-10-19)33-27(35)37-28(2,3)4/h11-12,16-19,34H,7-10,13-15H2,1-6H3,(H,33,35)(H2,30,31,32)/t17?,18-,19-. The predicted octanol–water partition coefficient (Wildman–Crippen LogP) is 5.26. The number of nitrogens with one attached hydrogen (secondary N) is 1. The number of hydrogen-bond donors (Lipinski definition) is 3. The molecule has 8 nitrogen and oxygen atoms in total. The number of benzene rings is 1. The van der Waals surface area contributed by atoms with Gasteiger partial charge in [-0.15, -0.1) is 0 Å². The maximum atomic E-state index is 12.2. The molecule has 202 valence electrons. The normalized spacial score (nSPS) is 21.4. The predicted molar refractivity (Wildman–Crippen MR) is 145 cm³/mol. The molecule has 1 atom stereocenters. The third kappa shape index (κ3) is 6.00. The Kier molecular flexibility index (Phi) is 7.70. The van der Waals surface area contributed by atoms with Gasteiger partial charge in [-0.1, -0.05) is 20.8 Å². The molecule has 37 heavy (non-hydrogen) atoms. The van der Waals surface area contributed by atoms with Gasteiger partial charge in [-0.05, 0) is 88.3 Å². The lowest BCUT2D eigenvalue weighted by Gasteiger charge is -2.37. The van der Waals surface area contributed by atoms with Crippen LogP contribution in [0, 0.1) is 0 Å². The maximum Gasteiger partial charge on any atom is 0.407 e. The van der Waals surface area contributed by atoms with E-state index in [4.69, 9.17) is 15.2 Å². The Morgan fingerprint density at radius 2 is 1.92 bits per heavy atom. The molecule has 0 saturated heterocycles. The number of fused-ring (bicyclic) bond motifs is 3. The van der Waals surface area contributed by atoms with E-state index in [1.165, 1.54) is 11.9 Å². The third-order valence-electron chi connectivity index (χ3n) is 7.49. The van der Waals surface area contributed by atoms with E-state index < -0.39 is 5.60 Å². The number of aliphatic hydroxyl groups is 1. The molecule has 1 fully saturated rings. The Morgan fingerprint density at radius 1 is 1.22 bits per heavy atom. The first kappa shape index (κ1) is 27.2. The van der Waals surface area contributed by atoms with Crippen LogP contribution in [0.3, 0.4) is 0 Å². The summed E-state index contributed by atoms with van der Waals surface area (Å²) in [5, 5.41) is 12.8. The van der Waals surface area contributed by atoms with Crippen molar-refractivity contribution in [2.75, 3.05) is 12.3 Å². The van der Waals surface area contributed by atoms with Gasteiger partial charge >= 0.3 is 6.09 Å². The van der Waals surface area contributed by atoms with Gasteiger partial charge in [0.25, 0.3) is 0 Å². The Balaban J connectivity index is 1.57. The summed E-state index contributed by atoms with van der Waals surface area (Å²) in [7, 11) is 0. The molecule has 0 radical (unpaired) electrons. The van der Waals surface area contributed by atoms with Crippen LogP contribution in [0.4, 0.5) is 10.6 Å². The first-order valence-electron chi connectivity index (χ1n) is 13.4. The van der Waals surface area contributed by atoms with Crippen LogP contribution >= 0.6 is 0 Å². The van der Waals surface area contributed by atoms with Crippen LogP contribution in [0.1, 0.15) is 96.3 Å². The third-order valence-corrected chi connectivity index (χ3v) is 7.49. The molecule has 1 unspecified atom stereocenters. The molecular weight excluding hydrogens is 468 g/mol. The van der Waals surface area contributed by atoms with Gasteiger partial charge in [-0.3, -0.25) is 0 Å². The Bertz CT molecular complexity index is 1130. The Hall–Kier alpha value is -2.87. The van der Waals surface area contributed by atoms with E-state index in [0.717, 1.165) is 60.2 Å². The summed E-state index contributed by atoms with van der Waals surface area (Å²) >= 11 is 0.